The molecule has 2 aromatic rings. The van der Waals surface area contributed by atoms with E-state index in [1.165, 1.54) is 0 Å². The normalized spacial score (nSPS) is 26.2. The number of rotatable bonds is 2. The van der Waals surface area contributed by atoms with E-state index in [-0.39, 0.29) is 30.4 Å². The third kappa shape index (κ3) is 3.58. The molecule has 2 amide bonds. The number of ether oxygens (including phenoxy) is 1. The highest BCUT2D eigenvalue weighted by Gasteiger charge is 2.65. The lowest BCUT2D eigenvalue weighted by atomic mass is 10.1. The molecule has 3 atom stereocenters. The molecule has 3 saturated heterocycles. The Morgan fingerprint density at radius 3 is 2.65 bits per heavy atom. The summed E-state index contributed by atoms with van der Waals surface area (Å²) in [5.41, 5.74) is 1.84. The van der Waals surface area contributed by atoms with Crippen LogP contribution in [0, 0.1) is 6.92 Å². The number of amides is 2. The van der Waals surface area contributed by atoms with Crippen molar-refractivity contribution in [1.29, 1.82) is 0 Å². The lowest BCUT2D eigenvalue weighted by Gasteiger charge is -2.32. The predicted octanol–water partition coefficient (Wildman–Crippen LogP) is 3.26. The number of carbonyl (C=O) groups excluding carboxylic acids is 2. The molecule has 1 spiro atoms. The van der Waals surface area contributed by atoms with E-state index in [9.17, 15) is 9.59 Å². The largest absolute Gasteiger partial charge is 0.483 e. The number of nitrogens with zero attached hydrogens (tertiary/aromatic N) is 2. The molecule has 0 aliphatic carbocycles. The Balaban J connectivity index is 0.000000730. The molecular weight excluding hydrogens is 420 g/mol. The maximum absolute atomic E-state index is 13.2. The molecule has 162 valence electrons. The molecule has 3 fully saturated rings. The second-order valence-corrected chi connectivity index (χ2v) is 8.31. The molecule has 1 N–H and O–H groups in total. The summed E-state index contributed by atoms with van der Waals surface area (Å²) in [6.07, 6.45) is 0.794. The second kappa shape index (κ2) is 8.32. The fourth-order valence-corrected chi connectivity index (χ4v) is 4.98. The third-order valence-corrected chi connectivity index (χ3v) is 6.69. The monoisotopic (exact) mass is 442 g/mol. The van der Waals surface area contributed by atoms with Gasteiger partial charge in [0.25, 0.3) is 12.4 Å². The van der Waals surface area contributed by atoms with Gasteiger partial charge in [0.2, 0.25) is 5.91 Å². The van der Waals surface area contributed by atoms with Gasteiger partial charge < -0.3 is 19.6 Å². The summed E-state index contributed by atoms with van der Waals surface area (Å²) in [4.78, 5) is 37.9. The molecule has 0 saturated carbocycles. The number of aryl methyl sites for hydroxylation is 1. The number of hydrogen-bond acceptors (Lipinski definition) is 4. The van der Waals surface area contributed by atoms with Gasteiger partial charge >= 0.3 is 0 Å². The summed E-state index contributed by atoms with van der Waals surface area (Å²) in [5, 5.41) is 7.46. The van der Waals surface area contributed by atoms with Crippen LogP contribution < -0.4 is 0 Å². The van der Waals surface area contributed by atoms with Crippen LogP contribution in [0.25, 0.3) is 0 Å². The van der Waals surface area contributed by atoms with Gasteiger partial charge in [0.05, 0.1) is 19.0 Å². The van der Waals surface area contributed by atoms with Crippen molar-refractivity contribution >= 4 is 29.9 Å². The molecule has 31 heavy (non-hydrogen) atoms. The van der Waals surface area contributed by atoms with Gasteiger partial charge in [0, 0.05) is 23.6 Å². The van der Waals surface area contributed by atoms with E-state index in [0.717, 1.165) is 11.1 Å². The molecule has 8 heteroatoms. The number of likely N-dealkylation sites (tertiary alicyclic amines) is 1. The van der Waals surface area contributed by atoms with Gasteiger partial charge in [-0.05, 0) is 30.2 Å². The SMILES string of the molecule is Cc1ccc(C(=O)N2CC[C@@]34O[C@@H](c5ccccc5)CN3C(=O)C[C@@H]24)cc1Cl.O=CO. The van der Waals surface area contributed by atoms with Crippen molar-refractivity contribution in [2.75, 3.05) is 13.1 Å². The Hall–Kier alpha value is -2.90. The van der Waals surface area contributed by atoms with Gasteiger partial charge in [-0.2, -0.15) is 0 Å². The van der Waals surface area contributed by atoms with Crippen LogP contribution in [0.5, 0.6) is 0 Å². The van der Waals surface area contributed by atoms with Gasteiger partial charge in [-0.25, -0.2) is 0 Å². The van der Waals surface area contributed by atoms with E-state index in [1.54, 1.807) is 17.0 Å². The Kier molecular flexibility index (Phi) is 5.73. The van der Waals surface area contributed by atoms with Crippen molar-refractivity contribution in [3.8, 4) is 0 Å². The van der Waals surface area contributed by atoms with Crippen molar-refractivity contribution in [3.05, 3.63) is 70.2 Å². The maximum Gasteiger partial charge on any atom is 0.290 e. The Labute approximate surface area is 185 Å². The summed E-state index contributed by atoms with van der Waals surface area (Å²) in [6.45, 7) is 2.77. The molecule has 5 rings (SSSR count). The zero-order chi connectivity index (χ0) is 22.2. The van der Waals surface area contributed by atoms with E-state index >= 15 is 0 Å². The van der Waals surface area contributed by atoms with Crippen LogP contribution in [0.3, 0.4) is 0 Å². The van der Waals surface area contributed by atoms with E-state index in [4.69, 9.17) is 26.2 Å². The maximum atomic E-state index is 13.2. The molecule has 0 aromatic heterocycles. The van der Waals surface area contributed by atoms with Crippen LogP contribution in [-0.4, -0.2) is 58.0 Å². The van der Waals surface area contributed by atoms with Crippen molar-refractivity contribution in [3.63, 3.8) is 0 Å². The van der Waals surface area contributed by atoms with Crippen molar-refractivity contribution < 1.29 is 24.2 Å². The zero-order valence-corrected chi connectivity index (χ0v) is 17.8. The topological polar surface area (TPSA) is 87.2 Å². The van der Waals surface area contributed by atoms with Crippen LogP contribution in [0.15, 0.2) is 48.5 Å². The molecule has 0 unspecified atom stereocenters. The predicted molar refractivity (Wildman–Crippen MR) is 114 cm³/mol. The van der Waals surface area contributed by atoms with Gasteiger partial charge in [0.15, 0.2) is 5.72 Å². The summed E-state index contributed by atoms with van der Waals surface area (Å²) < 4.78 is 6.50. The first-order valence-corrected chi connectivity index (χ1v) is 10.5. The first-order chi connectivity index (χ1) is 14.9. The van der Waals surface area contributed by atoms with Crippen molar-refractivity contribution in [2.45, 2.75) is 37.6 Å². The lowest BCUT2D eigenvalue weighted by Crippen LogP contribution is -2.48. The molecule has 3 aliphatic heterocycles. The van der Waals surface area contributed by atoms with Gasteiger partial charge in [-0.1, -0.05) is 48.0 Å². The lowest BCUT2D eigenvalue weighted by molar-refractivity contribution is -0.138. The van der Waals surface area contributed by atoms with Crippen LogP contribution in [0.2, 0.25) is 5.02 Å². The molecule has 3 heterocycles. The van der Waals surface area contributed by atoms with Gasteiger partial charge in [0.1, 0.15) is 6.10 Å². The van der Waals surface area contributed by atoms with E-state index in [1.807, 2.05) is 48.2 Å². The van der Waals surface area contributed by atoms with E-state index < -0.39 is 5.72 Å². The molecule has 2 aromatic carbocycles. The van der Waals surface area contributed by atoms with E-state index in [0.29, 0.717) is 36.5 Å². The summed E-state index contributed by atoms with van der Waals surface area (Å²) in [6, 6.07) is 15.1. The minimum absolute atomic E-state index is 0.0582. The van der Waals surface area contributed by atoms with Crippen molar-refractivity contribution in [1.82, 2.24) is 9.80 Å². The molecule has 7 nitrogen and oxygen atoms in total. The number of carbonyl (C=O) groups is 3. The molecule has 3 aliphatic rings. The summed E-state index contributed by atoms with van der Waals surface area (Å²) in [7, 11) is 0. The average Bonchev–Trinajstić information content (AvgIpc) is 3.39. The van der Waals surface area contributed by atoms with Crippen molar-refractivity contribution in [2.24, 2.45) is 0 Å². The number of carboxylic acid groups (broad SMARTS) is 1. The highest BCUT2D eigenvalue weighted by Crippen LogP contribution is 2.50. The second-order valence-electron chi connectivity index (χ2n) is 7.90. The molecule has 0 bridgehead atoms. The van der Waals surface area contributed by atoms with Crippen LogP contribution in [0.4, 0.5) is 0 Å². The number of hydrogen-bond donors (Lipinski definition) is 1. The number of halogens is 1. The first-order valence-electron chi connectivity index (χ1n) is 10.1. The standard InChI is InChI=1S/C22H21ClN2O3.CH2O2/c1-14-7-8-16(11-17(14)23)21(27)24-10-9-22-19(24)12-20(26)25(22)13-18(28-22)15-5-3-2-4-6-15;2-1-3/h2-8,11,18-19H,9-10,12-13H2,1H3;1H,(H,2,3)/t18-,19-,22+;/m1./s1. The quantitative estimate of drug-likeness (QED) is 0.721. The smallest absolute Gasteiger partial charge is 0.290 e. The van der Waals surface area contributed by atoms with E-state index in [2.05, 4.69) is 0 Å². The molecule has 0 radical (unpaired) electrons. The molecular formula is C23H23ClN2O5. The fraction of sp³-hybridized carbons (Fsp3) is 0.348. The average molecular weight is 443 g/mol. The summed E-state index contributed by atoms with van der Waals surface area (Å²) in [5.74, 6) is -0.0342. The highest BCUT2D eigenvalue weighted by atomic mass is 35.5. The Morgan fingerprint density at radius 1 is 1.26 bits per heavy atom. The van der Waals surface area contributed by atoms with Gasteiger partial charge in [-0.3, -0.25) is 14.4 Å². The van der Waals surface area contributed by atoms with Crippen LogP contribution in [-0.2, 0) is 14.3 Å². The third-order valence-electron chi connectivity index (χ3n) is 6.28. The van der Waals surface area contributed by atoms with Crippen LogP contribution in [0.1, 0.15) is 40.4 Å². The first kappa shape index (κ1) is 21.3. The highest BCUT2D eigenvalue weighted by molar-refractivity contribution is 6.31. The van der Waals surface area contributed by atoms with Crippen LogP contribution >= 0.6 is 11.6 Å². The minimum atomic E-state index is -0.707. The Bertz CT molecular complexity index is 1010. The van der Waals surface area contributed by atoms with Gasteiger partial charge in [-0.15, -0.1) is 0 Å². The zero-order valence-electron chi connectivity index (χ0n) is 17.0. The fourth-order valence-electron chi connectivity index (χ4n) is 4.80. The number of benzene rings is 2. The summed E-state index contributed by atoms with van der Waals surface area (Å²) >= 11 is 6.22. The Morgan fingerprint density at radius 2 is 1.97 bits per heavy atom. The minimum Gasteiger partial charge on any atom is -0.483 e.